The summed E-state index contributed by atoms with van der Waals surface area (Å²) in [5.74, 6) is 0.416. The number of anilines is 1. The van der Waals surface area contributed by atoms with E-state index in [0.717, 1.165) is 11.1 Å². The van der Waals surface area contributed by atoms with Crippen molar-refractivity contribution in [2.24, 2.45) is 0 Å². The lowest BCUT2D eigenvalue weighted by molar-refractivity contribution is 0.213. The van der Waals surface area contributed by atoms with E-state index >= 15 is 0 Å². The number of hydrogen-bond donors (Lipinski definition) is 2. The fourth-order valence-electron chi connectivity index (χ4n) is 1.68. The van der Waals surface area contributed by atoms with Crippen molar-refractivity contribution in [2.45, 2.75) is 18.2 Å². The van der Waals surface area contributed by atoms with Crippen molar-refractivity contribution in [3.63, 3.8) is 0 Å². The van der Waals surface area contributed by atoms with Gasteiger partial charge in [-0.25, -0.2) is 9.97 Å². The highest BCUT2D eigenvalue weighted by Gasteiger charge is 2.17. The lowest BCUT2D eigenvalue weighted by Crippen LogP contribution is -2.09. The van der Waals surface area contributed by atoms with Crippen LogP contribution in [0.15, 0.2) is 35.5 Å². The smallest absolute Gasteiger partial charge is 0.189 e. The lowest BCUT2D eigenvalue weighted by atomic mass is 10.0. The quantitative estimate of drug-likeness (QED) is 0.654. The Bertz CT molecular complexity index is 545. The summed E-state index contributed by atoms with van der Waals surface area (Å²) in [6.07, 6.45) is 1.10. The number of thioether (sulfide) groups is 1. The van der Waals surface area contributed by atoms with Crippen LogP contribution in [0.1, 0.15) is 22.9 Å². The zero-order valence-corrected chi connectivity index (χ0v) is 11.1. The number of aromatic nitrogens is 2. The third-order valence-corrected chi connectivity index (χ3v) is 3.31. The highest BCUT2D eigenvalue weighted by molar-refractivity contribution is 7.98. The molecule has 1 aromatic heterocycles. The monoisotopic (exact) mass is 261 g/mol. The summed E-state index contributed by atoms with van der Waals surface area (Å²) in [5, 5.41) is 10.9. The van der Waals surface area contributed by atoms with E-state index in [2.05, 4.69) is 9.97 Å². The van der Waals surface area contributed by atoms with Crippen LogP contribution in [-0.4, -0.2) is 21.3 Å². The van der Waals surface area contributed by atoms with Gasteiger partial charge in [0.1, 0.15) is 11.9 Å². The fourth-order valence-corrected chi connectivity index (χ4v) is 2.06. The predicted octanol–water partition coefficient (Wildman–Crippen LogP) is 2.17. The highest BCUT2D eigenvalue weighted by atomic mass is 32.2. The molecule has 3 N–H and O–H groups in total. The number of rotatable bonds is 3. The van der Waals surface area contributed by atoms with Crippen LogP contribution < -0.4 is 5.73 Å². The van der Waals surface area contributed by atoms with Crippen molar-refractivity contribution in [1.29, 1.82) is 0 Å². The maximum Gasteiger partial charge on any atom is 0.189 e. The lowest BCUT2D eigenvalue weighted by Gasteiger charge is -2.15. The Morgan fingerprint density at radius 3 is 2.50 bits per heavy atom. The second kappa shape index (κ2) is 5.37. The molecule has 1 aromatic carbocycles. The molecule has 0 amide bonds. The predicted molar refractivity (Wildman–Crippen MR) is 73.5 cm³/mol. The fraction of sp³-hybridized carbons (Fsp3) is 0.231. The molecular weight excluding hydrogens is 246 g/mol. The molecule has 0 saturated heterocycles. The molecule has 0 radical (unpaired) electrons. The van der Waals surface area contributed by atoms with E-state index < -0.39 is 6.10 Å². The minimum absolute atomic E-state index is 0.416. The van der Waals surface area contributed by atoms with E-state index in [0.29, 0.717) is 16.7 Å². The second-order valence-electron chi connectivity index (χ2n) is 3.92. The Balaban J connectivity index is 2.47. The van der Waals surface area contributed by atoms with Crippen molar-refractivity contribution in [3.05, 3.63) is 47.2 Å². The van der Waals surface area contributed by atoms with Gasteiger partial charge in [-0.2, -0.15) is 0 Å². The summed E-state index contributed by atoms with van der Waals surface area (Å²) in [4.78, 5) is 8.50. The zero-order valence-electron chi connectivity index (χ0n) is 10.3. The van der Waals surface area contributed by atoms with Crippen LogP contribution in [-0.2, 0) is 0 Å². The molecule has 0 spiro atoms. The summed E-state index contributed by atoms with van der Waals surface area (Å²) >= 11 is 1.41. The largest absolute Gasteiger partial charge is 0.383 e. The summed E-state index contributed by atoms with van der Waals surface area (Å²) in [7, 11) is 0. The van der Waals surface area contributed by atoms with Gasteiger partial charge in [0, 0.05) is 5.56 Å². The van der Waals surface area contributed by atoms with E-state index in [9.17, 15) is 5.11 Å². The molecule has 0 aliphatic carbocycles. The van der Waals surface area contributed by atoms with Gasteiger partial charge in [-0.05, 0) is 18.7 Å². The first-order chi connectivity index (χ1) is 8.63. The van der Waals surface area contributed by atoms with Crippen LogP contribution in [0.25, 0.3) is 0 Å². The molecule has 1 heterocycles. The molecule has 0 bridgehead atoms. The van der Waals surface area contributed by atoms with Crippen LogP contribution in [0.5, 0.6) is 0 Å². The molecule has 2 rings (SSSR count). The molecular formula is C13H15N3OS. The normalized spacial score (nSPS) is 12.4. The third-order valence-electron chi connectivity index (χ3n) is 2.76. The Labute approximate surface area is 110 Å². The van der Waals surface area contributed by atoms with Gasteiger partial charge in [-0.15, -0.1) is 0 Å². The molecule has 94 valence electrons. The number of nitrogens with zero attached hydrogens (tertiary/aromatic N) is 2. The number of nitrogens with two attached hydrogens (primary N) is 1. The third kappa shape index (κ3) is 2.47. The van der Waals surface area contributed by atoms with Crippen molar-refractivity contribution in [3.8, 4) is 0 Å². The standard InChI is InChI=1S/C13H15N3OS/c1-8-10(15-13(18-2)16-12(8)14)11(17)9-6-4-3-5-7-9/h3-7,11,17H,1-2H3,(H2,14,15,16). The summed E-state index contributed by atoms with van der Waals surface area (Å²) in [6.45, 7) is 1.82. The molecule has 0 fully saturated rings. The summed E-state index contributed by atoms with van der Waals surface area (Å²) < 4.78 is 0. The van der Waals surface area contributed by atoms with Crippen LogP contribution >= 0.6 is 11.8 Å². The average Bonchev–Trinajstić information content (AvgIpc) is 2.42. The molecule has 5 heteroatoms. The Hall–Kier alpha value is -1.59. The molecule has 0 aliphatic heterocycles. The summed E-state index contributed by atoms with van der Waals surface area (Å²) in [5.41, 5.74) is 7.93. The van der Waals surface area contributed by atoms with E-state index in [-0.39, 0.29) is 0 Å². The van der Waals surface area contributed by atoms with E-state index in [4.69, 9.17) is 5.73 Å². The molecule has 0 aliphatic rings. The molecule has 1 atom stereocenters. The van der Waals surface area contributed by atoms with Gasteiger partial charge in [-0.3, -0.25) is 0 Å². The van der Waals surface area contributed by atoms with E-state index in [1.165, 1.54) is 11.8 Å². The molecule has 4 nitrogen and oxygen atoms in total. The van der Waals surface area contributed by atoms with Gasteiger partial charge in [-0.1, -0.05) is 42.1 Å². The molecule has 1 unspecified atom stereocenters. The zero-order chi connectivity index (χ0) is 13.1. The Morgan fingerprint density at radius 1 is 1.22 bits per heavy atom. The van der Waals surface area contributed by atoms with Gasteiger partial charge in [0.05, 0.1) is 5.69 Å². The maximum absolute atomic E-state index is 10.4. The van der Waals surface area contributed by atoms with Crippen LogP contribution in [0.2, 0.25) is 0 Å². The van der Waals surface area contributed by atoms with E-state index in [1.54, 1.807) is 0 Å². The maximum atomic E-state index is 10.4. The molecule has 2 aromatic rings. The first-order valence-corrected chi connectivity index (χ1v) is 6.77. The van der Waals surface area contributed by atoms with Crippen LogP contribution in [0.4, 0.5) is 5.82 Å². The topological polar surface area (TPSA) is 72.0 Å². The van der Waals surface area contributed by atoms with Crippen LogP contribution in [0, 0.1) is 6.92 Å². The van der Waals surface area contributed by atoms with Gasteiger partial charge >= 0.3 is 0 Å². The summed E-state index contributed by atoms with van der Waals surface area (Å²) in [6, 6.07) is 9.40. The van der Waals surface area contributed by atoms with Gasteiger partial charge < -0.3 is 10.8 Å². The number of aliphatic hydroxyl groups is 1. The highest BCUT2D eigenvalue weighted by Crippen LogP contribution is 2.26. The second-order valence-corrected chi connectivity index (χ2v) is 4.69. The minimum Gasteiger partial charge on any atom is -0.383 e. The minimum atomic E-state index is -0.776. The first-order valence-electron chi connectivity index (χ1n) is 5.54. The van der Waals surface area contributed by atoms with Crippen molar-refractivity contribution < 1.29 is 5.11 Å². The van der Waals surface area contributed by atoms with Gasteiger partial charge in [0.2, 0.25) is 0 Å². The average molecular weight is 261 g/mol. The van der Waals surface area contributed by atoms with Crippen molar-refractivity contribution >= 4 is 17.6 Å². The van der Waals surface area contributed by atoms with Gasteiger partial charge in [0.25, 0.3) is 0 Å². The molecule has 0 saturated carbocycles. The number of benzene rings is 1. The number of hydrogen-bond acceptors (Lipinski definition) is 5. The van der Waals surface area contributed by atoms with Crippen molar-refractivity contribution in [2.75, 3.05) is 12.0 Å². The van der Waals surface area contributed by atoms with Gasteiger partial charge in [0.15, 0.2) is 5.16 Å². The molecule has 18 heavy (non-hydrogen) atoms. The Morgan fingerprint density at radius 2 is 1.89 bits per heavy atom. The Kier molecular flexibility index (Phi) is 3.84. The number of nitrogen functional groups attached to an aromatic ring is 1. The SMILES string of the molecule is CSc1nc(N)c(C)c(C(O)c2ccccc2)n1. The van der Waals surface area contributed by atoms with E-state index in [1.807, 2.05) is 43.5 Å². The first kappa shape index (κ1) is 12.9. The van der Waals surface area contributed by atoms with Crippen molar-refractivity contribution in [1.82, 2.24) is 9.97 Å². The van der Waals surface area contributed by atoms with Crippen LogP contribution in [0.3, 0.4) is 0 Å². The number of aliphatic hydroxyl groups excluding tert-OH is 1.